The van der Waals surface area contributed by atoms with Gasteiger partial charge in [0.25, 0.3) is 10.0 Å². The number of benzene rings is 1. The lowest BCUT2D eigenvalue weighted by Crippen LogP contribution is -2.45. The molecular weight excluding hydrogens is 364 g/mol. The third-order valence-electron chi connectivity index (χ3n) is 4.89. The first-order chi connectivity index (χ1) is 13.0. The highest BCUT2D eigenvalue weighted by Gasteiger charge is 2.34. The minimum absolute atomic E-state index is 0.0504. The van der Waals surface area contributed by atoms with E-state index in [0.717, 1.165) is 12.0 Å². The van der Waals surface area contributed by atoms with E-state index in [4.69, 9.17) is 0 Å². The highest BCUT2D eigenvalue weighted by Crippen LogP contribution is 2.23. The molecular formula is C19H26N4O3S. The molecule has 2 heterocycles. The van der Waals surface area contributed by atoms with Gasteiger partial charge in [-0.1, -0.05) is 30.3 Å². The van der Waals surface area contributed by atoms with Gasteiger partial charge in [0, 0.05) is 32.4 Å². The molecule has 2 aromatic rings. The van der Waals surface area contributed by atoms with E-state index in [0.29, 0.717) is 32.5 Å². The van der Waals surface area contributed by atoms with Crippen molar-refractivity contribution in [3.05, 3.63) is 48.4 Å². The Morgan fingerprint density at radius 2 is 2.07 bits per heavy atom. The number of amides is 1. The summed E-state index contributed by atoms with van der Waals surface area (Å²) in [5.74, 6) is -0.400. The second-order valence-corrected chi connectivity index (χ2v) is 8.66. The number of rotatable bonds is 7. The van der Waals surface area contributed by atoms with Crippen LogP contribution >= 0.6 is 0 Å². The van der Waals surface area contributed by atoms with Crippen molar-refractivity contribution in [1.82, 2.24) is 19.2 Å². The van der Waals surface area contributed by atoms with Crippen molar-refractivity contribution in [3.8, 4) is 0 Å². The van der Waals surface area contributed by atoms with Crippen molar-refractivity contribution in [1.29, 1.82) is 0 Å². The minimum Gasteiger partial charge on any atom is -0.355 e. The molecule has 0 unspecified atom stereocenters. The van der Waals surface area contributed by atoms with Gasteiger partial charge in [0.2, 0.25) is 5.91 Å². The van der Waals surface area contributed by atoms with Gasteiger partial charge in [-0.3, -0.25) is 4.79 Å². The predicted octanol–water partition coefficient (Wildman–Crippen LogP) is 1.66. The van der Waals surface area contributed by atoms with Crippen molar-refractivity contribution in [2.45, 2.75) is 37.8 Å². The fraction of sp³-hybridized carbons (Fsp3) is 0.474. The van der Waals surface area contributed by atoms with Crippen molar-refractivity contribution in [2.24, 2.45) is 5.92 Å². The second-order valence-electron chi connectivity index (χ2n) is 6.77. The molecule has 1 fully saturated rings. The van der Waals surface area contributed by atoms with Crippen LogP contribution in [0.15, 0.2) is 47.9 Å². The monoisotopic (exact) mass is 390 g/mol. The van der Waals surface area contributed by atoms with Crippen molar-refractivity contribution in [2.75, 3.05) is 19.6 Å². The summed E-state index contributed by atoms with van der Waals surface area (Å²) in [4.78, 5) is 16.5. The fourth-order valence-corrected chi connectivity index (χ4v) is 4.73. The molecule has 1 aliphatic rings. The zero-order valence-electron chi connectivity index (χ0n) is 15.5. The third-order valence-corrected chi connectivity index (χ3v) is 6.64. The Bertz CT molecular complexity index is 864. The molecule has 146 valence electrons. The van der Waals surface area contributed by atoms with Crippen molar-refractivity contribution in [3.63, 3.8) is 0 Å². The molecule has 1 aromatic carbocycles. The summed E-state index contributed by atoms with van der Waals surface area (Å²) in [5.41, 5.74) is 1.16. The van der Waals surface area contributed by atoms with Gasteiger partial charge in [-0.25, -0.2) is 13.4 Å². The lowest BCUT2D eigenvalue weighted by molar-refractivity contribution is -0.126. The average Bonchev–Trinajstić information content (AvgIpc) is 3.19. The van der Waals surface area contributed by atoms with E-state index in [-0.39, 0.29) is 23.4 Å². The van der Waals surface area contributed by atoms with Crippen molar-refractivity contribution >= 4 is 15.9 Å². The van der Waals surface area contributed by atoms with E-state index >= 15 is 0 Å². The number of aryl methyl sites for hydroxylation is 1. The van der Waals surface area contributed by atoms with Crippen LogP contribution in [0.1, 0.15) is 25.3 Å². The zero-order valence-corrected chi connectivity index (χ0v) is 16.4. The Kier molecular flexibility index (Phi) is 6.28. The van der Waals surface area contributed by atoms with Crippen LogP contribution in [-0.4, -0.2) is 47.8 Å². The molecule has 1 N–H and O–H groups in total. The molecule has 1 amide bonds. The Hall–Kier alpha value is -2.19. The molecule has 0 aliphatic carbocycles. The number of nitrogens with zero attached hydrogens (tertiary/aromatic N) is 3. The van der Waals surface area contributed by atoms with E-state index in [1.807, 2.05) is 37.3 Å². The Labute approximate surface area is 160 Å². The fourth-order valence-electron chi connectivity index (χ4n) is 3.27. The lowest BCUT2D eigenvalue weighted by atomic mass is 9.99. The highest BCUT2D eigenvalue weighted by molar-refractivity contribution is 7.89. The van der Waals surface area contributed by atoms with Gasteiger partial charge in [-0.15, -0.1) is 0 Å². The van der Waals surface area contributed by atoms with Crippen LogP contribution in [0.5, 0.6) is 0 Å². The largest absolute Gasteiger partial charge is 0.355 e. The first-order valence-electron chi connectivity index (χ1n) is 9.34. The predicted molar refractivity (Wildman–Crippen MR) is 103 cm³/mol. The first-order valence-corrected chi connectivity index (χ1v) is 10.8. The molecule has 7 nitrogen and oxygen atoms in total. The summed E-state index contributed by atoms with van der Waals surface area (Å²) in [7, 11) is -3.66. The van der Waals surface area contributed by atoms with Crippen LogP contribution in [-0.2, 0) is 27.8 Å². The number of carbonyl (C=O) groups is 1. The van der Waals surface area contributed by atoms with Gasteiger partial charge >= 0.3 is 0 Å². The first kappa shape index (κ1) is 19.6. The number of imidazole rings is 1. The van der Waals surface area contributed by atoms with E-state index in [2.05, 4.69) is 10.3 Å². The topological polar surface area (TPSA) is 84.3 Å². The van der Waals surface area contributed by atoms with Gasteiger partial charge in [0.1, 0.15) is 0 Å². The lowest BCUT2D eigenvalue weighted by Gasteiger charge is -2.30. The molecule has 3 rings (SSSR count). The Morgan fingerprint density at radius 3 is 2.78 bits per heavy atom. The molecule has 8 heteroatoms. The number of hydrogen-bond acceptors (Lipinski definition) is 4. The van der Waals surface area contributed by atoms with Gasteiger partial charge in [-0.2, -0.15) is 4.31 Å². The summed E-state index contributed by atoms with van der Waals surface area (Å²) in [6, 6.07) is 9.96. The van der Waals surface area contributed by atoms with Crippen LogP contribution in [0.3, 0.4) is 0 Å². The van der Waals surface area contributed by atoms with Crippen molar-refractivity contribution < 1.29 is 13.2 Å². The summed E-state index contributed by atoms with van der Waals surface area (Å²) in [6.07, 6.45) is 5.19. The van der Waals surface area contributed by atoms with E-state index in [1.54, 1.807) is 10.8 Å². The molecule has 1 atom stereocenters. The van der Waals surface area contributed by atoms with Gasteiger partial charge in [0.15, 0.2) is 5.03 Å². The van der Waals surface area contributed by atoms with E-state index < -0.39 is 10.0 Å². The molecule has 27 heavy (non-hydrogen) atoms. The van der Waals surface area contributed by atoms with E-state index in [1.165, 1.54) is 10.6 Å². The number of piperidine rings is 1. The summed E-state index contributed by atoms with van der Waals surface area (Å²) in [5, 5.41) is 3.00. The number of nitrogens with one attached hydrogen (secondary N) is 1. The average molecular weight is 391 g/mol. The number of sulfonamides is 1. The molecule has 0 spiro atoms. The van der Waals surface area contributed by atoms with Gasteiger partial charge in [-0.05, 0) is 31.7 Å². The number of aromatic nitrogens is 2. The smallest absolute Gasteiger partial charge is 0.262 e. The summed E-state index contributed by atoms with van der Waals surface area (Å²) in [6.45, 7) is 3.77. The Balaban J connectivity index is 1.57. The summed E-state index contributed by atoms with van der Waals surface area (Å²) < 4.78 is 28.7. The van der Waals surface area contributed by atoms with Crippen LogP contribution in [0.4, 0.5) is 0 Å². The zero-order chi connectivity index (χ0) is 19.3. The molecule has 0 bridgehead atoms. The van der Waals surface area contributed by atoms with Crippen LogP contribution in [0, 0.1) is 5.92 Å². The highest BCUT2D eigenvalue weighted by atomic mass is 32.2. The van der Waals surface area contributed by atoms with E-state index in [9.17, 15) is 13.2 Å². The maximum atomic E-state index is 12.8. The molecule has 1 aromatic heterocycles. The number of carbonyl (C=O) groups excluding carboxylic acids is 1. The number of hydrogen-bond donors (Lipinski definition) is 1. The maximum absolute atomic E-state index is 12.8. The van der Waals surface area contributed by atoms with Crippen LogP contribution < -0.4 is 5.32 Å². The van der Waals surface area contributed by atoms with Gasteiger partial charge < -0.3 is 9.88 Å². The minimum atomic E-state index is -3.66. The quantitative estimate of drug-likeness (QED) is 0.779. The van der Waals surface area contributed by atoms with Gasteiger partial charge in [0.05, 0.1) is 12.2 Å². The SMILES string of the molecule is CCn1cnc(S(=O)(=O)N2CCC[C@@H](C(=O)NCCc3ccccc3)C2)c1. The molecule has 0 saturated carbocycles. The third kappa shape index (κ3) is 4.75. The molecule has 1 saturated heterocycles. The standard InChI is InChI=1S/C19H26N4O3S/c1-2-22-14-18(21-15-22)27(25,26)23-12-6-9-17(13-23)19(24)20-11-10-16-7-4-3-5-8-16/h3-5,7-8,14-15,17H,2,6,9-13H2,1H3,(H,20,24)/t17-/m1/s1. The summed E-state index contributed by atoms with van der Waals surface area (Å²) >= 11 is 0. The maximum Gasteiger partial charge on any atom is 0.262 e. The Morgan fingerprint density at radius 1 is 1.30 bits per heavy atom. The normalized spacial score (nSPS) is 18.3. The van der Waals surface area contributed by atoms with Crippen LogP contribution in [0.25, 0.3) is 0 Å². The molecule has 1 aliphatic heterocycles. The van der Waals surface area contributed by atoms with Crippen LogP contribution in [0.2, 0.25) is 0 Å². The second kappa shape index (κ2) is 8.67. The molecule has 0 radical (unpaired) electrons.